The molecule has 0 saturated heterocycles. The highest BCUT2D eigenvalue weighted by Crippen LogP contribution is 2.30. The molecule has 1 saturated carbocycles. The maximum Gasteiger partial charge on any atom is 0.328 e. The molecule has 6 heteroatoms. The van der Waals surface area contributed by atoms with E-state index in [1.54, 1.807) is 17.0 Å². The molecule has 0 aliphatic heterocycles. The zero-order valence-electron chi connectivity index (χ0n) is 21.4. The number of carbonyl (C=O) groups is 2. The van der Waals surface area contributed by atoms with E-state index in [0.29, 0.717) is 12.2 Å². The lowest BCUT2D eigenvalue weighted by atomic mass is 9.88. The van der Waals surface area contributed by atoms with Crippen LogP contribution in [0.5, 0.6) is 0 Å². The van der Waals surface area contributed by atoms with Gasteiger partial charge in [-0.25, -0.2) is 9.18 Å². The fourth-order valence-corrected chi connectivity index (χ4v) is 4.86. The summed E-state index contributed by atoms with van der Waals surface area (Å²) in [7, 11) is 3.62. The fraction of sp³-hybridized carbons (Fsp3) is 0.290. The highest BCUT2D eigenvalue weighted by molar-refractivity contribution is 5.95. The van der Waals surface area contributed by atoms with Crippen LogP contribution in [0.3, 0.4) is 0 Å². The smallest absolute Gasteiger partial charge is 0.328 e. The Kier molecular flexibility index (Phi) is 8.39. The minimum Gasteiger partial charge on any atom is -0.478 e. The molecule has 3 aromatic rings. The lowest BCUT2D eigenvalue weighted by Crippen LogP contribution is -2.36. The van der Waals surface area contributed by atoms with E-state index in [4.69, 9.17) is 5.11 Å². The normalized spacial score (nSPS) is 14.0. The van der Waals surface area contributed by atoms with Crippen molar-refractivity contribution in [1.29, 1.82) is 0 Å². The number of aliphatic carboxylic acids is 1. The van der Waals surface area contributed by atoms with Gasteiger partial charge in [0.25, 0.3) is 0 Å². The summed E-state index contributed by atoms with van der Waals surface area (Å²) in [6.07, 6.45) is 7.69. The average molecular weight is 501 g/mol. The molecule has 4 rings (SSSR count). The molecule has 1 aliphatic rings. The van der Waals surface area contributed by atoms with Crippen molar-refractivity contribution >= 4 is 29.3 Å². The second-order valence-corrected chi connectivity index (χ2v) is 9.78. The average Bonchev–Trinajstić information content (AvgIpc) is 2.91. The molecule has 0 heterocycles. The van der Waals surface area contributed by atoms with Gasteiger partial charge in [-0.1, -0.05) is 61.7 Å². The van der Waals surface area contributed by atoms with Crippen molar-refractivity contribution in [3.8, 4) is 11.1 Å². The molecule has 0 radical (unpaired) electrons. The van der Waals surface area contributed by atoms with Crippen molar-refractivity contribution in [3.63, 3.8) is 0 Å². The van der Waals surface area contributed by atoms with E-state index in [-0.39, 0.29) is 17.6 Å². The number of rotatable bonds is 8. The first-order valence-corrected chi connectivity index (χ1v) is 12.7. The summed E-state index contributed by atoms with van der Waals surface area (Å²) in [5.74, 6) is -1.20. The van der Waals surface area contributed by atoms with Crippen LogP contribution >= 0.6 is 0 Å². The van der Waals surface area contributed by atoms with E-state index in [1.807, 2.05) is 73.6 Å². The molecule has 3 aromatic carbocycles. The first-order chi connectivity index (χ1) is 17.8. The summed E-state index contributed by atoms with van der Waals surface area (Å²) in [4.78, 5) is 28.2. The van der Waals surface area contributed by atoms with Crippen molar-refractivity contribution in [3.05, 3.63) is 89.8 Å². The van der Waals surface area contributed by atoms with Crippen molar-refractivity contribution in [1.82, 2.24) is 0 Å². The van der Waals surface area contributed by atoms with Crippen LogP contribution in [0.4, 0.5) is 15.8 Å². The Bertz CT molecular complexity index is 1280. The number of halogens is 1. The second kappa shape index (κ2) is 11.9. The lowest BCUT2D eigenvalue weighted by Gasteiger charge is -2.30. The Morgan fingerprint density at radius 2 is 1.65 bits per heavy atom. The van der Waals surface area contributed by atoms with E-state index in [2.05, 4.69) is 0 Å². The number of benzene rings is 3. The van der Waals surface area contributed by atoms with Gasteiger partial charge in [0.05, 0.1) is 12.2 Å². The third-order valence-electron chi connectivity index (χ3n) is 6.88. The van der Waals surface area contributed by atoms with Gasteiger partial charge in [0.2, 0.25) is 5.91 Å². The largest absolute Gasteiger partial charge is 0.478 e. The van der Waals surface area contributed by atoms with Crippen LogP contribution in [-0.4, -0.2) is 31.1 Å². The van der Waals surface area contributed by atoms with Gasteiger partial charge < -0.3 is 14.9 Å². The first kappa shape index (κ1) is 26.1. The molecule has 1 fully saturated rings. The number of carboxylic acids is 1. The Hall–Kier alpha value is -3.93. The maximum atomic E-state index is 14.5. The van der Waals surface area contributed by atoms with E-state index >= 15 is 0 Å². The van der Waals surface area contributed by atoms with Crippen LogP contribution in [-0.2, 0) is 16.1 Å². The van der Waals surface area contributed by atoms with Gasteiger partial charge in [-0.2, -0.15) is 0 Å². The van der Waals surface area contributed by atoms with Crippen LogP contribution in [0.1, 0.15) is 43.2 Å². The summed E-state index contributed by atoms with van der Waals surface area (Å²) in [5, 5.41) is 8.99. The van der Waals surface area contributed by atoms with E-state index in [1.165, 1.54) is 6.08 Å². The van der Waals surface area contributed by atoms with Crippen LogP contribution < -0.4 is 9.80 Å². The Labute approximate surface area is 217 Å². The molecule has 0 aromatic heterocycles. The third-order valence-corrected chi connectivity index (χ3v) is 6.88. The molecule has 1 amide bonds. The molecule has 1 N–H and O–H groups in total. The van der Waals surface area contributed by atoms with Crippen molar-refractivity contribution in [2.45, 2.75) is 38.6 Å². The number of carbonyl (C=O) groups excluding carboxylic acids is 1. The van der Waals surface area contributed by atoms with Crippen LogP contribution in [0, 0.1) is 11.7 Å². The van der Waals surface area contributed by atoms with Crippen molar-refractivity contribution in [2.75, 3.05) is 23.9 Å². The van der Waals surface area contributed by atoms with Crippen molar-refractivity contribution < 1.29 is 19.1 Å². The molecular formula is C31H33FN2O3. The molecule has 192 valence electrons. The number of nitrogens with zero attached hydrogens (tertiary/aromatic N) is 2. The van der Waals surface area contributed by atoms with E-state index in [9.17, 15) is 14.0 Å². The van der Waals surface area contributed by atoms with E-state index in [0.717, 1.165) is 66.1 Å². The van der Waals surface area contributed by atoms with Crippen LogP contribution in [0.15, 0.2) is 72.8 Å². The lowest BCUT2D eigenvalue weighted by molar-refractivity contribution is -0.131. The standard InChI is InChI=1S/C31H33FN2O3/c1-33(2)29-17-16-26(20-28(29)32)24-14-11-23(12-15-24)21-34(31(37)25-8-4-3-5-9-25)27-10-6-7-22(19-27)13-18-30(35)36/h6-7,10-20,25H,3-5,8-9,21H2,1-2H3,(H,35,36). The van der Waals surface area contributed by atoms with Gasteiger partial charge in [-0.05, 0) is 65.4 Å². The van der Waals surface area contributed by atoms with Gasteiger partial charge in [0, 0.05) is 31.8 Å². The van der Waals surface area contributed by atoms with Gasteiger partial charge in [0.1, 0.15) is 5.82 Å². The topological polar surface area (TPSA) is 60.9 Å². The summed E-state index contributed by atoms with van der Waals surface area (Å²) < 4.78 is 14.5. The highest BCUT2D eigenvalue weighted by Gasteiger charge is 2.27. The molecule has 0 bridgehead atoms. The van der Waals surface area contributed by atoms with E-state index < -0.39 is 5.97 Å². The van der Waals surface area contributed by atoms with Gasteiger partial charge >= 0.3 is 5.97 Å². The minimum absolute atomic E-state index is 0.00979. The summed E-state index contributed by atoms with van der Waals surface area (Å²) >= 11 is 0. The first-order valence-electron chi connectivity index (χ1n) is 12.7. The monoisotopic (exact) mass is 500 g/mol. The molecule has 5 nitrogen and oxygen atoms in total. The summed E-state index contributed by atoms with van der Waals surface area (Å²) in [6.45, 7) is 0.398. The quantitative estimate of drug-likeness (QED) is 0.347. The Morgan fingerprint density at radius 3 is 2.30 bits per heavy atom. The zero-order chi connectivity index (χ0) is 26.4. The Morgan fingerprint density at radius 1 is 0.946 bits per heavy atom. The van der Waals surface area contributed by atoms with Crippen molar-refractivity contribution in [2.24, 2.45) is 5.92 Å². The molecule has 0 unspecified atom stereocenters. The minimum atomic E-state index is -1.02. The maximum absolute atomic E-state index is 14.5. The predicted molar refractivity (Wildman–Crippen MR) is 147 cm³/mol. The molecule has 1 aliphatic carbocycles. The SMILES string of the molecule is CN(C)c1ccc(-c2ccc(CN(C(=O)C3CCCCC3)c3cccc(C=CC(=O)O)c3)cc2)cc1F. The third kappa shape index (κ3) is 6.64. The Balaban J connectivity index is 1.60. The molecule has 37 heavy (non-hydrogen) atoms. The molecular weight excluding hydrogens is 467 g/mol. The number of amides is 1. The summed E-state index contributed by atoms with van der Waals surface area (Å²) in [6, 6.07) is 20.5. The number of anilines is 2. The van der Waals surface area contributed by atoms with Gasteiger partial charge in [-0.15, -0.1) is 0 Å². The second-order valence-electron chi connectivity index (χ2n) is 9.78. The van der Waals surface area contributed by atoms with Crippen LogP contribution in [0.25, 0.3) is 17.2 Å². The van der Waals surface area contributed by atoms with Gasteiger partial charge in [0.15, 0.2) is 0 Å². The number of hydrogen-bond donors (Lipinski definition) is 1. The molecule has 0 atom stereocenters. The summed E-state index contributed by atoms with van der Waals surface area (Å²) in [5.41, 5.74) is 4.66. The highest BCUT2D eigenvalue weighted by atomic mass is 19.1. The van der Waals surface area contributed by atoms with Crippen LogP contribution in [0.2, 0.25) is 0 Å². The predicted octanol–water partition coefficient (Wildman–Crippen LogP) is 6.77. The molecule has 0 spiro atoms. The number of hydrogen-bond acceptors (Lipinski definition) is 3. The zero-order valence-corrected chi connectivity index (χ0v) is 21.4. The van der Waals surface area contributed by atoms with Gasteiger partial charge in [-0.3, -0.25) is 4.79 Å². The fourth-order valence-electron chi connectivity index (χ4n) is 4.86. The number of carboxylic acid groups (broad SMARTS) is 1.